The van der Waals surface area contributed by atoms with E-state index in [2.05, 4.69) is 0 Å². The van der Waals surface area contributed by atoms with Gasteiger partial charge in [0.05, 0.1) is 11.5 Å². The normalized spacial score (nSPS) is 20.5. The number of amides is 1. The van der Waals surface area contributed by atoms with E-state index in [9.17, 15) is 14.7 Å². The van der Waals surface area contributed by atoms with Gasteiger partial charge in [0, 0.05) is 13.1 Å². The number of nitrogens with two attached hydrogens (primary N) is 1. The summed E-state index contributed by atoms with van der Waals surface area (Å²) in [5.41, 5.74) is 5.09. The lowest BCUT2D eigenvalue weighted by atomic mass is 9.75. The minimum Gasteiger partial charge on any atom is -0.481 e. The molecule has 5 nitrogen and oxygen atoms in total. The number of rotatable bonds is 5. The summed E-state index contributed by atoms with van der Waals surface area (Å²) in [6, 6.07) is -0.450. The minimum absolute atomic E-state index is 0.0482. The van der Waals surface area contributed by atoms with Crippen molar-refractivity contribution in [3.63, 3.8) is 0 Å². The van der Waals surface area contributed by atoms with E-state index < -0.39 is 17.4 Å². The molecule has 0 aliphatic carbocycles. The molecule has 1 aliphatic rings. The zero-order valence-electron chi connectivity index (χ0n) is 11.3. The molecule has 1 heterocycles. The number of piperidine rings is 1. The van der Waals surface area contributed by atoms with E-state index in [0.717, 1.165) is 6.42 Å². The maximum Gasteiger partial charge on any atom is 0.309 e. The van der Waals surface area contributed by atoms with Crippen LogP contribution in [0, 0.1) is 5.41 Å². The fraction of sp³-hybridized carbons (Fsp3) is 0.846. The first-order chi connectivity index (χ1) is 8.46. The molecule has 0 aromatic heterocycles. The van der Waals surface area contributed by atoms with Crippen LogP contribution in [0.15, 0.2) is 0 Å². The third kappa shape index (κ3) is 3.02. The van der Waals surface area contributed by atoms with Gasteiger partial charge in [-0.05, 0) is 25.7 Å². The number of likely N-dealkylation sites (tertiary alicyclic amines) is 1. The summed E-state index contributed by atoms with van der Waals surface area (Å²) in [6.07, 6.45) is 3.24. The van der Waals surface area contributed by atoms with Gasteiger partial charge in [-0.1, -0.05) is 20.3 Å². The lowest BCUT2D eigenvalue weighted by Crippen LogP contribution is -2.51. The van der Waals surface area contributed by atoms with Crippen molar-refractivity contribution < 1.29 is 14.7 Å². The Hall–Kier alpha value is -1.10. The van der Waals surface area contributed by atoms with Gasteiger partial charge in [0.15, 0.2) is 0 Å². The molecule has 1 rings (SSSR count). The second-order valence-electron chi connectivity index (χ2n) is 5.18. The fourth-order valence-corrected chi connectivity index (χ4v) is 2.61. The van der Waals surface area contributed by atoms with Crippen LogP contribution in [0.3, 0.4) is 0 Å². The zero-order chi connectivity index (χ0) is 13.8. The molecule has 3 N–H and O–H groups in total. The molecule has 0 aromatic rings. The van der Waals surface area contributed by atoms with Gasteiger partial charge in [-0.2, -0.15) is 0 Å². The van der Waals surface area contributed by atoms with Crippen LogP contribution in [0.5, 0.6) is 0 Å². The van der Waals surface area contributed by atoms with E-state index in [1.807, 2.05) is 13.8 Å². The lowest BCUT2D eigenvalue weighted by molar-refractivity contribution is -0.155. The Labute approximate surface area is 108 Å². The molecular weight excluding hydrogens is 232 g/mol. The van der Waals surface area contributed by atoms with Crippen LogP contribution >= 0.6 is 0 Å². The second-order valence-corrected chi connectivity index (χ2v) is 5.18. The van der Waals surface area contributed by atoms with Crippen LogP contribution in [0.1, 0.15) is 46.0 Å². The van der Waals surface area contributed by atoms with Crippen molar-refractivity contribution in [2.75, 3.05) is 13.1 Å². The summed E-state index contributed by atoms with van der Waals surface area (Å²) in [6.45, 7) is 4.90. The Bertz CT molecular complexity index is 309. The van der Waals surface area contributed by atoms with Gasteiger partial charge in [-0.3, -0.25) is 9.59 Å². The van der Waals surface area contributed by atoms with Crippen molar-refractivity contribution in [3.05, 3.63) is 0 Å². The van der Waals surface area contributed by atoms with E-state index in [-0.39, 0.29) is 5.91 Å². The molecule has 5 heteroatoms. The smallest absolute Gasteiger partial charge is 0.309 e. The standard InChI is InChI=1S/C13H24N2O3/c1-3-5-13(12(17)18)6-8-15(9-7-13)11(16)10(14)4-2/h10H,3-9,14H2,1-2H3,(H,17,18)/t10-/m0/s1. The van der Waals surface area contributed by atoms with Gasteiger partial charge < -0.3 is 15.7 Å². The first kappa shape index (κ1) is 15.0. The highest BCUT2D eigenvalue weighted by molar-refractivity contribution is 5.82. The van der Waals surface area contributed by atoms with E-state index in [4.69, 9.17) is 5.73 Å². The Morgan fingerprint density at radius 1 is 1.33 bits per heavy atom. The molecule has 18 heavy (non-hydrogen) atoms. The van der Waals surface area contributed by atoms with Gasteiger partial charge in [0.1, 0.15) is 0 Å². The van der Waals surface area contributed by atoms with E-state index in [1.54, 1.807) is 4.90 Å². The summed E-state index contributed by atoms with van der Waals surface area (Å²) >= 11 is 0. The van der Waals surface area contributed by atoms with Crippen molar-refractivity contribution in [2.24, 2.45) is 11.1 Å². The summed E-state index contributed by atoms with van der Waals surface area (Å²) in [5, 5.41) is 9.37. The predicted octanol–water partition coefficient (Wildman–Crippen LogP) is 1.22. The number of hydrogen-bond donors (Lipinski definition) is 2. The summed E-state index contributed by atoms with van der Waals surface area (Å²) in [4.78, 5) is 25.0. The highest BCUT2D eigenvalue weighted by Gasteiger charge is 2.41. The molecule has 1 atom stereocenters. The minimum atomic E-state index is -0.726. The Balaban J connectivity index is 2.63. The van der Waals surface area contributed by atoms with Crippen LogP contribution in [0.4, 0.5) is 0 Å². The molecular formula is C13H24N2O3. The lowest BCUT2D eigenvalue weighted by Gasteiger charge is -2.39. The van der Waals surface area contributed by atoms with E-state index >= 15 is 0 Å². The van der Waals surface area contributed by atoms with Crippen LogP contribution in [0.2, 0.25) is 0 Å². The van der Waals surface area contributed by atoms with Gasteiger partial charge in [0.25, 0.3) is 0 Å². The predicted molar refractivity (Wildman–Crippen MR) is 69.1 cm³/mol. The average Bonchev–Trinajstić information content (AvgIpc) is 2.38. The third-order valence-electron chi connectivity index (χ3n) is 3.97. The van der Waals surface area contributed by atoms with Crippen LogP contribution in [-0.4, -0.2) is 41.0 Å². The van der Waals surface area contributed by atoms with Crippen molar-refractivity contribution in [2.45, 2.75) is 52.0 Å². The Morgan fingerprint density at radius 2 is 1.89 bits per heavy atom. The molecule has 1 saturated heterocycles. The van der Waals surface area contributed by atoms with Crippen LogP contribution in [0.25, 0.3) is 0 Å². The van der Waals surface area contributed by atoms with Gasteiger partial charge >= 0.3 is 5.97 Å². The maximum absolute atomic E-state index is 11.9. The summed E-state index contributed by atoms with van der Waals surface area (Å²) in [7, 11) is 0. The third-order valence-corrected chi connectivity index (χ3v) is 3.97. The molecule has 0 aromatic carbocycles. The Kier molecular flexibility index (Phi) is 5.14. The van der Waals surface area contributed by atoms with Crippen LogP contribution < -0.4 is 5.73 Å². The van der Waals surface area contributed by atoms with Crippen molar-refractivity contribution in [3.8, 4) is 0 Å². The van der Waals surface area contributed by atoms with Gasteiger partial charge in [-0.15, -0.1) is 0 Å². The SMILES string of the molecule is CCCC1(C(=O)O)CCN(C(=O)[C@@H](N)CC)CC1. The molecule has 1 amide bonds. The first-order valence-electron chi connectivity index (χ1n) is 6.74. The number of carboxylic acid groups (broad SMARTS) is 1. The van der Waals surface area contributed by atoms with Crippen molar-refractivity contribution in [1.29, 1.82) is 0 Å². The molecule has 0 unspecified atom stereocenters. The Morgan fingerprint density at radius 3 is 2.28 bits per heavy atom. The fourth-order valence-electron chi connectivity index (χ4n) is 2.61. The molecule has 0 spiro atoms. The van der Waals surface area contributed by atoms with Crippen LogP contribution in [-0.2, 0) is 9.59 Å². The number of hydrogen-bond acceptors (Lipinski definition) is 3. The average molecular weight is 256 g/mol. The van der Waals surface area contributed by atoms with E-state index in [0.29, 0.717) is 38.8 Å². The maximum atomic E-state index is 11.9. The number of carbonyl (C=O) groups is 2. The molecule has 0 radical (unpaired) electrons. The zero-order valence-corrected chi connectivity index (χ0v) is 11.3. The molecule has 0 saturated carbocycles. The molecule has 0 bridgehead atoms. The molecule has 104 valence electrons. The highest BCUT2D eigenvalue weighted by Crippen LogP contribution is 2.36. The van der Waals surface area contributed by atoms with E-state index in [1.165, 1.54) is 0 Å². The first-order valence-corrected chi connectivity index (χ1v) is 6.74. The largest absolute Gasteiger partial charge is 0.481 e. The molecule has 1 aliphatic heterocycles. The van der Waals surface area contributed by atoms with Gasteiger partial charge in [0.2, 0.25) is 5.91 Å². The summed E-state index contributed by atoms with van der Waals surface area (Å²) < 4.78 is 0. The highest BCUT2D eigenvalue weighted by atomic mass is 16.4. The topological polar surface area (TPSA) is 83.6 Å². The monoisotopic (exact) mass is 256 g/mol. The van der Waals surface area contributed by atoms with Crippen molar-refractivity contribution >= 4 is 11.9 Å². The number of nitrogens with zero attached hydrogens (tertiary/aromatic N) is 1. The number of aliphatic carboxylic acids is 1. The van der Waals surface area contributed by atoms with Crippen molar-refractivity contribution in [1.82, 2.24) is 4.90 Å². The number of carbonyl (C=O) groups excluding carboxylic acids is 1. The van der Waals surface area contributed by atoms with Gasteiger partial charge in [-0.25, -0.2) is 0 Å². The molecule has 1 fully saturated rings. The summed E-state index contributed by atoms with van der Waals surface area (Å²) in [5.74, 6) is -0.774. The quantitative estimate of drug-likeness (QED) is 0.774. The second kappa shape index (κ2) is 6.18. The number of carboxylic acids is 1.